The van der Waals surface area contributed by atoms with Crippen molar-refractivity contribution < 1.29 is 14.6 Å². The van der Waals surface area contributed by atoms with Crippen LogP contribution in [0.3, 0.4) is 0 Å². The molecule has 2 atom stereocenters. The topological polar surface area (TPSA) is 94.6 Å². The predicted molar refractivity (Wildman–Crippen MR) is 107 cm³/mol. The standard InChI is InChI=1S/C21H29N5O3/c1-15-22-19(24-23-15)13-20(28)26-11-12-29-18(14-25-9-7-17(27)8-10-25)21(26)16-5-3-2-4-6-16/h2-6,17-18,21,27H,7-14H2,1H3,(H,22,23,24)/t18-,21-/m0/s1. The summed E-state index contributed by atoms with van der Waals surface area (Å²) in [5.41, 5.74) is 1.08. The number of aromatic amines is 1. The van der Waals surface area contributed by atoms with E-state index in [9.17, 15) is 9.90 Å². The van der Waals surface area contributed by atoms with Crippen LogP contribution >= 0.6 is 0 Å². The summed E-state index contributed by atoms with van der Waals surface area (Å²) in [6.07, 6.45) is 1.44. The molecule has 3 heterocycles. The fourth-order valence-corrected chi connectivity index (χ4v) is 4.27. The van der Waals surface area contributed by atoms with Gasteiger partial charge in [0.2, 0.25) is 5.91 Å². The number of aryl methyl sites for hydroxylation is 1. The number of hydrogen-bond acceptors (Lipinski definition) is 6. The number of piperidine rings is 1. The molecule has 0 unspecified atom stereocenters. The van der Waals surface area contributed by atoms with E-state index in [4.69, 9.17) is 4.74 Å². The van der Waals surface area contributed by atoms with Crippen LogP contribution in [0.1, 0.15) is 36.1 Å². The average Bonchev–Trinajstić information content (AvgIpc) is 3.14. The molecular weight excluding hydrogens is 370 g/mol. The quantitative estimate of drug-likeness (QED) is 0.781. The Hall–Kier alpha value is -2.29. The zero-order valence-corrected chi connectivity index (χ0v) is 16.8. The van der Waals surface area contributed by atoms with Crippen LogP contribution < -0.4 is 0 Å². The normalized spacial score (nSPS) is 24.0. The number of hydrogen-bond donors (Lipinski definition) is 2. The Bertz CT molecular complexity index is 804. The van der Waals surface area contributed by atoms with E-state index in [1.165, 1.54) is 0 Å². The third-order valence-corrected chi connectivity index (χ3v) is 5.76. The van der Waals surface area contributed by atoms with Crippen molar-refractivity contribution in [2.75, 3.05) is 32.8 Å². The van der Waals surface area contributed by atoms with Crippen LogP contribution in [0.15, 0.2) is 30.3 Å². The van der Waals surface area contributed by atoms with E-state index in [0.717, 1.165) is 38.0 Å². The Morgan fingerprint density at radius 2 is 2.00 bits per heavy atom. The molecule has 2 aliphatic rings. The second-order valence-electron chi connectivity index (χ2n) is 7.90. The van der Waals surface area contributed by atoms with Gasteiger partial charge in [0, 0.05) is 26.2 Å². The van der Waals surface area contributed by atoms with Crippen molar-refractivity contribution in [3.63, 3.8) is 0 Å². The molecule has 2 fully saturated rings. The zero-order chi connectivity index (χ0) is 20.2. The first-order valence-corrected chi connectivity index (χ1v) is 10.3. The Balaban J connectivity index is 1.53. The lowest BCUT2D eigenvalue weighted by Gasteiger charge is -2.44. The number of carbonyl (C=O) groups is 1. The average molecular weight is 399 g/mol. The van der Waals surface area contributed by atoms with E-state index in [0.29, 0.717) is 24.8 Å². The molecule has 0 radical (unpaired) electrons. The fourth-order valence-electron chi connectivity index (χ4n) is 4.27. The van der Waals surface area contributed by atoms with E-state index >= 15 is 0 Å². The highest BCUT2D eigenvalue weighted by molar-refractivity contribution is 5.78. The minimum absolute atomic E-state index is 0.0141. The molecule has 4 rings (SSSR count). The third kappa shape index (κ3) is 4.83. The summed E-state index contributed by atoms with van der Waals surface area (Å²) in [5.74, 6) is 1.24. The first-order valence-electron chi connectivity index (χ1n) is 10.3. The fraction of sp³-hybridized carbons (Fsp3) is 0.571. The van der Waals surface area contributed by atoms with Crippen LogP contribution in [-0.2, 0) is 16.0 Å². The van der Waals surface area contributed by atoms with Gasteiger partial charge >= 0.3 is 0 Å². The first kappa shape index (κ1) is 20.0. The maximum atomic E-state index is 13.2. The number of benzene rings is 1. The monoisotopic (exact) mass is 399 g/mol. The Kier molecular flexibility index (Phi) is 6.22. The molecule has 8 heteroatoms. The van der Waals surface area contributed by atoms with Crippen LogP contribution in [0.2, 0.25) is 0 Å². The smallest absolute Gasteiger partial charge is 0.230 e. The number of amides is 1. The highest BCUT2D eigenvalue weighted by Gasteiger charge is 2.37. The number of H-pyrrole nitrogens is 1. The predicted octanol–water partition coefficient (Wildman–Crippen LogP) is 1.08. The van der Waals surface area contributed by atoms with Gasteiger partial charge < -0.3 is 19.6 Å². The van der Waals surface area contributed by atoms with E-state index in [-0.39, 0.29) is 30.6 Å². The molecule has 1 aromatic heterocycles. The van der Waals surface area contributed by atoms with Crippen LogP contribution in [-0.4, -0.2) is 81.0 Å². The van der Waals surface area contributed by atoms with Crippen LogP contribution in [0.5, 0.6) is 0 Å². The summed E-state index contributed by atoms with van der Waals surface area (Å²) >= 11 is 0. The number of likely N-dealkylation sites (tertiary alicyclic amines) is 1. The van der Waals surface area contributed by atoms with Gasteiger partial charge in [-0.05, 0) is 25.3 Å². The number of carbonyl (C=O) groups excluding carboxylic acids is 1. The minimum Gasteiger partial charge on any atom is -0.393 e. The highest BCUT2D eigenvalue weighted by atomic mass is 16.5. The van der Waals surface area contributed by atoms with Gasteiger partial charge in [-0.2, -0.15) is 5.10 Å². The molecule has 156 valence electrons. The van der Waals surface area contributed by atoms with Crippen molar-refractivity contribution in [1.82, 2.24) is 25.0 Å². The number of morpholine rings is 1. The lowest BCUT2D eigenvalue weighted by atomic mass is 9.96. The molecule has 2 N–H and O–H groups in total. The van der Waals surface area contributed by atoms with E-state index in [1.807, 2.05) is 30.0 Å². The van der Waals surface area contributed by atoms with Gasteiger partial charge in [0.25, 0.3) is 0 Å². The third-order valence-electron chi connectivity index (χ3n) is 5.76. The van der Waals surface area contributed by atoms with Crippen molar-refractivity contribution >= 4 is 5.91 Å². The largest absolute Gasteiger partial charge is 0.393 e. The Labute approximate surface area is 170 Å². The molecule has 2 aromatic rings. The van der Waals surface area contributed by atoms with Gasteiger partial charge in [-0.25, -0.2) is 4.98 Å². The molecule has 8 nitrogen and oxygen atoms in total. The second kappa shape index (κ2) is 9.02. The number of nitrogens with zero attached hydrogens (tertiary/aromatic N) is 4. The molecule has 2 saturated heterocycles. The summed E-state index contributed by atoms with van der Waals surface area (Å²) < 4.78 is 6.17. The van der Waals surface area contributed by atoms with Crippen molar-refractivity contribution in [1.29, 1.82) is 0 Å². The molecule has 29 heavy (non-hydrogen) atoms. The van der Waals surface area contributed by atoms with Crippen molar-refractivity contribution in [2.24, 2.45) is 0 Å². The van der Waals surface area contributed by atoms with Gasteiger partial charge in [0.15, 0.2) is 5.82 Å². The molecule has 2 aliphatic heterocycles. The number of ether oxygens (including phenoxy) is 1. The van der Waals surface area contributed by atoms with Crippen molar-refractivity contribution in [2.45, 2.75) is 44.4 Å². The van der Waals surface area contributed by atoms with Gasteiger partial charge in [0.1, 0.15) is 5.82 Å². The molecular formula is C21H29N5O3. The highest BCUT2D eigenvalue weighted by Crippen LogP contribution is 2.31. The molecule has 0 bridgehead atoms. The van der Waals surface area contributed by atoms with Gasteiger partial charge in [-0.1, -0.05) is 30.3 Å². The van der Waals surface area contributed by atoms with Crippen molar-refractivity contribution in [3.8, 4) is 0 Å². The van der Waals surface area contributed by atoms with Crippen LogP contribution in [0.25, 0.3) is 0 Å². The zero-order valence-electron chi connectivity index (χ0n) is 16.8. The van der Waals surface area contributed by atoms with Gasteiger partial charge in [-0.3, -0.25) is 9.89 Å². The summed E-state index contributed by atoms with van der Waals surface area (Å²) in [5, 5.41) is 16.7. The molecule has 1 aromatic carbocycles. The van der Waals surface area contributed by atoms with E-state index in [1.54, 1.807) is 0 Å². The second-order valence-corrected chi connectivity index (χ2v) is 7.90. The molecule has 1 amide bonds. The van der Waals surface area contributed by atoms with Crippen LogP contribution in [0.4, 0.5) is 0 Å². The Morgan fingerprint density at radius 1 is 1.24 bits per heavy atom. The lowest BCUT2D eigenvalue weighted by Crippen LogP contribution is -2.53. The number of nitrogens with one attached hydrogen (secondary N) is 1. The minimum atomic E-state index is -0.202. The molecule has 0 spiro atoms. The summed E-state index contributed by atoms with van der Waals surface area (Å²) in [6, 6.07) is 9.95. The van der Waals surface area contributed by atoms with Crippen molar-refractivity contribution in [3.05, 3.63) is 47.5 Å². The lowest BCUT2D eigenvalue weighted by molar-refractivity contribution is -0.148. The van der Waals surface area contributed by atoms with E-state index in [2.05, 4.69) is 32.2 Å². The summed E-state index contributed by atoms with van der Waals surface area (Å²) in [4.78, 5) is 21.7. The number of aliphatic hydroxyl groups is 1. The first-order chi connectivity index (χ1) is 14.1. The molecule has 0 aliphatic carbocycles. The molecule has 0 saturated carbocycles. The van der Waals surface area contributed by atoms with Gasteiger partial charge in [-0.15, -0.1) is 0 Å². The van der Waals surface area contributed by atoms with E-state index < -0.39 is 0 Å². The SMILES string of the molecule is Cc1nc(CC(=O)N2CCO[C@@H](CN3CCC(O)CC3)[C@@H]2c2ccccc2)n[nH]1. The van der Waals surface area contributed by atoms with Gasteiger partial charge in [0.05, 0.1) is 31.3 Å². The maximum absolute atomic E-state index is 13.2. The maximum Gasteiger partial charge on any atom is 0.230 e. The number of aromatic nitrogens is 3. The Morgan fingerprint density at radius 3 is 2.69 bits per heavy atom. The number of rotatable bonds is 5. The summed E-state index contributed by atoms with van der Waals surface area (Å²) in [7, 11) is 0. The van der Waals surface area contributed by atoms with Crippen LogP contribution in [0, 0.1) is 6.92 Å². The number of aliphatic hydroxyl groups excluding tert-OH is 1. The summed E-state index contributed by atoms with van der Waals surface area (Å²) in [6.45, 7) is 5.35.